The fraction of sp³-hybridized carbons (Fsp3) is 0. The molecule has 0 amide bonds. The standard InChI is InChI=1S/C24H10O8/c25-19(13-6-2-8-15-17(13)23(29)31-21(15)27)11-4-1-5-12(10-11)20(26)14-7-3-9-16-18(14)24(30)32-22(16)28/h1-10H. The monoisotopic (exact) mass is 426 g/mol. The highest BCUT2D eigenvalue weighted by Crippen LogP contribution is 2.28. The van der Waals surface area contributed by atoms with Gasteiger partial charge in [-0.25, -0.2) is 19.2 Å². The van der Waals surface area contributed by atoms with Crippen LogP contribution >= 0.6 is 0 Å². The van der Waals surface area contributed by atoms with E-state index in [0.29, 0.717) is 0 Å². The number of benzene rings is 3. The highest BCUT2D eigenvalue weighted by Gasteiger charge is 2.35. The number of carbonyl (C=O) groups excluding carboxylic acids is 6. The molecule has 2 heterocycles. The van der Waals surface area contributed by atoms with Gasteiger partial charge in [0.1, 0.15) is 0 Å². The number of hydrogen-bond donors (Lipinski definition) is 0. The van der Waals surface area contributed by atoms with Crippen molar-refractivity contribution in [3.8, 4) is 0 Å². The molecule has 2 aliphatic rings. The molecular weight excluding hydrogens is 416 g/mol. The van der Waals surface area contributed by atoms with Crippen LogP contribution in [-0.2, 0) is 9.47 Å². The molecule has 32 heavy (non-hydrogen) atoms. The second kappa shape index (κ2) is 6.92. The van der Waals surface area contributed by atoms with Crippen LogP contribution < -0.4 is 0 Å². The Bertz CT molecular complexity index is 1320. The van der Waals surface area contributed by atoms with Crippen LogP contribution in [0.4, 0.5) is 0 Å². The van der Waals surface area contributed by atoms with E-state index in [1.807, 2.05) is 0 Å². The van der Waals surface area contributed by atoms with Crippen LogP contribution in [0.15, 0.2) is 60.7 Å². The lowest BCUT2D eigenvalue weighted by Gasteiger charge is -2.08. The Labute approximate surface area is 179 Å². The fourth-order valence-corrected chi connectivity index (χ4v) is 3.76. The summed E-state index contributed by atoms with van der Waals surface area (Å²) in [7, 11) is 0. The summed E-state index contributed by atoms with van der Waals surface area (Å²) in [5.41, 5.74) is -0.143. The number of cyclic esters (lactones) is 4. The minimum absolute atomic E-state index is 0.00360. The van der Waals surface area contributed by atoms with Gasteiger partial charge in [-0.2, -0.15) is 0 Å². The molecule has 3 aromatic carbocycles. The average Bonchev–Trinajstić information content (AvgIpc) is 3.27. The maximum absolute atomic E-state index is 13.1. The molecule has 0 saturated heterocycles. The molecule has 0 spiro atoms. The number of hydrogen-bond acceptors (Lipinski definition) is 8. The molecule has 2 aliphatic heterocycles. The first-order valence-electron chi connectivity index (χ1n) is 9.35. The number of esters is 4. The summed E-state index contributed by atoms with van der Waals surface area (Å²) in [6.07, 6.45) is 0. The number of carbonyl (C=O) groups is 6. The summed E-state index contributed by atoms with van der Waals surface area (Å²) < 4.78 is 9.17. The van der Waals surface area contributed by atoms with Gasteiger partial charge in [-0.3, -0.25) is 9.59 Å². The van der Waals surface area contributed by atoms with E-state index >= 15 is 0 Å². The molecule has 5 rings (SSSR count). The molecule has 0 N–H and O–H groups in total. The number of ketones is 2. The molecule has 0 bridgehead atoms. The van der Waals surface area contributed by atoms with Crippen LogP contribution in [0.2, 0.25) is 0 Å². The summed E-state index contributed by atoms with van der Waals surface area (Å²) in [6, 6.07) is 14.1. The fourth-order valence-electron chi connectivity index (χ4n) is 3.76. The summed E-state index contributed by atoms with van der Waals surface area (Å²) in [6.45, 7) is 0. The van der Waals surface area contributed by atoms with Crippen molar-refractivity contribution in [1.82, 2.24) is 0 Å². The Morgan fingerprint density at radius 1 is 0.531 bits per heavy atom. The van der Waals surface area contributed by atoms with Gasteiger partial charge in [-0.1, -0.05) is 42.5 Å². The number of rotatable bonds is 4. The highest BCUT2D eigenvalue weighted by atomic mass is 16.6. The molecular formula is C24H10O8. The zero-order valence-electron chi connectivity index (χ0n) is 16.0. The normalized spacial score (nSPS) is 14.0. The lowest BCUT2D eigenvalue weighted by molar-refractivity contribution is 0.0425. The lowest BCUT2D eigenvalue weighted by atomic mass is 9.92. The van der Waals surface area contributed by atoms with Crippen molar-refractivity contribution in [2.45, 2.75) is 0 Å². The predicted octanol–water partition coefficient (Wildman–Crippen LogP) is 2.77. The highest BCUT2D eigenvalue weighted by molar-refractivity contribution is 6.24. The maximum atomic E-state index is 13.1. The smallest absolute Gasteiger partial charge is 0.347 e. The third kappa shape index (κ3) is 2.78. The van der Waals surface area contributed by atoms with E-state index in [0.717, 1.165) is 0 Å². The van der Waals surface area contributed by atoms with E-state index in [1.54, 1.807) is 0 Å². The van der Waals surface area contributed by atoms with Crippen LogP contribution in [0, 0.1) is 0 Å². The minimum Gasteiger partial charge on any atom is -0.386 e. The van der Waals surface area contributed by atoms with E-state index in [-0.39, 0.29) is 44.5 Å². The van der Waals surface area contributed by atoms with E-state index in [2.05, 4.69) is 9.47 Å². The topological polar surface area (TPSA) is 121 Å². The van der Waals surface area contributed by atoms with Crippen LogP contribution in [-0.4, -0.2) is 35.4 Å². The van der Waals surface area contributed by atoms with Gasteiger partial charge in [-0.05, 0) is 18.2 Å². The van der Waals surface area contributed by atoms with Crippen molar-refractivity contribution >= 4 is 35.4 Å². The molecule has 0 aromatic heterocycles. The van der Waals surface area contributed by atoms with Crippen molar-refractivity contribution < 1.29 is 38.2 Å². The first kappa shape index (κ1) is 19.3. The van der Waals surface area contributed by atoms with Gasteiger partial charge in [0.25, 0.3) is 0 Å². The van der Waals surface area contributed by atoms with Crippen molar-refractivity contribution in [1.29, 1.82) is 0 Å². The molecule has 8 heteroatoms. The molecule has 0 atom stereocenters. The van der Waals surface area contributed by atoms with Crippen LogP contribution in [0.25, 0.3) is 0 Å². The summed E-state index contributed by atoms with van der Waals surface area (Å²) in [5, 5.41) is 0. The first-order valence-corrected chi connectivity index (χ1v) is 9.35. The third-order valence-corrected chi connectivity index (χ3v) is 5.22. The van der Waals surface area contributed by atoms with Gasteiger partial charge in [0.2, 0.25) is 0 Å². The molecule has 8 nitrogen and oxygen atoms in total. The molecule has 0 aliphatic carbocycles. The minimum atomic E-state index is -0.913. The average molecular weight is 426 g/mol. The molecule has 154 valence electrons. The Kier molecular flexibility index (Phi) is 4.16. The predicted molar refractivity (Wildman–Crippen MR) is 106 cm³/mol. The second-order valence-electron chi connectivity index (χ2n) is 7.05. The number of ether oxygens (including phenoxy) is 2. The maximum Gasteiger partial charge on any atom is 0.347 e. The summed E-state index contributed by atoms with van der Waals surface area (Å²) >= 11 is 0. The Morgan fingerprint density at radius 2 is 0.938 bits per heavy atom. The van der Waals surface area contributed by atoms with E-state index in [4.69, 9.17) is 0 Å². The van der Waals surface area contributed by atoms with Crippen LogP contribution in [0.1, 0.15) is 73.3 Å². The lowest BCUT2D eigenvalue weighted by Crippen LogP contribution is -2.11. The Balaban J connectivity index is 1.55. The largest absolute Gasteiger partial charge is 0.386 e. The SMILES string of the molecule is O=C1OC(=O)c2c1cccc2C(=O)c1cccc(C(=O)c2cccc3c2C(=O)OC3=O)c1. The van der Waals surface area contributed by atoms with Gasteiger partial charge in [-0.15, -0.1) is 0 Å². The van der Waals surface area contributed by atoms with E-state index in [1.165, 1.54) is 60.7 Å². The van der Waals surface area contributed by atoms with Crippen LogP contribution in [0.3, 0.4) is 0 Å². The zero-order chi connectivity index (χ0) is 22.6. The van der Waals surface area contributed by atoms with Crippen molar-refractivity contribution in [2.24, 2.45) is 0 Å². The first-order chi connectivity index (χ1) is 15.4. The molecule has 3 aromatic rings. The van der Waals surface area contributed by atoms with Gasteiger partial charge < -0.3 is 9.47 Å². The van der Waals surface area contributed by atoms with Gasteiger partial charge in [0.15, 0.2) is 11.6 Å². The van der Waals surface area contributed by atoms with Gasteiger partial charge in [0.05, 0.1) is 22.3 Å². The molecule has 0 fully saturated rings. The molecule has 0 radical (unpaired) electrons. The quantitative estimate of drug-likeness (QED) is 0.355. The Hall–Kier alpha value is -4.72. The van der Waals surface area contributed by atoms with Gasteiger partial charge in [0, 0.05) is 22.3 Å². The summed E-state index contributed by atoms with van der Waals surface area (Å²) in [5.74, 6) is -4.66. The second-order valence-corrected chi connectivity index (χ2v) is 7.05. The number of fused-ring (bicyclic) bond motifs is 2. The third-order valence-electron chi connectivity index (χ3n) is 5.22. The van der Waals surface area contributed by atoms with E-state index < -0.39 is 35.4 Å². The van der Waals surface area contributed by atoms with Crippen molar-refractivity contribution in [3.63, 3.8) is 0 Å². The van der Waals surface area contributed by atoms with Crippen molar-refractivity contribution in [3.05, 3.63) is 105 Å². The van der Waals surface area contributed by atoms with Gasteiger partial charge >= 0.3 is 23.9 Å². The zero-order valence-corrected chi connectivity index (χ0v) is 16.0. The Morgan fingerprint density at radius 3 is 1.38 bits per heavy atom. The van der Waals surface area contributed by atoms with E-state index in [9.17, 15) is 28.8 Å². The summed E-state index contributed by atoms with van der Waals surface area (Å²) in [4.78, 5) is 73.8. The van der Waals surface area contributed by atoms with Crippen molar-refractivity contribution in [2.75, 3.05) is 0 Å². The van der Waals surface area contributed by atoms with Crippen LogP contribution in [0.5, 0.6) is 0 Å². The molecule has 0 saturated carbocycles. The molecule has 0 unspecified atom stereocenters.